The van der Waals surface area contributed by atoms with Crippen molar-refractivity contribution in [3.63, 3.8) is 0 Å². The van der Waals surface area contributed by atoms with Gasteiger partial charge < -0.3 is 9.84 Å². The van der Waals surface area contributed by atoms with E-state index in [9.17, 15) is 4.79 Å². The van der Waals surface area contributed by atoms with E-state index < -0.39 is 0 Å². The van der Waals surface area contributed by atoms with Crippen LogP contribution in [0.2, 0.25) is 0 Å². The van der Waals surface area contributed by atoms with Crippen molar-refractivity contribution >= 4 is 22.5 Å². The fourth-order valence-electron chi connectivity index (χ4n) is 2.64. The van der Waals surface area contributed by atoms with Gasteiger partial charge in [0.2, 0.25) is 0 Å². The molecule has 30 heavy (non-hydrogen) atoms. The first-order valence-corrected chi connectivity index (χ1v) is 9.75. The molecule has 0 aliphatic carbocycles. The Morgan fingerprint density at radius 1 is 1.00 bits per heavy atom. The highest BCUT2D eigenvalue weighted by Crippen LogP contribution is 2.22. The molecule has 4 aromatic rings. The smallest absolute Gasteiger partial charge is 0.274 e. The lowest BCUT2D eigenvalue weighted by Crippen LogP contribution is -2.13. The number of amides is 1. The number of pyridine rings is 2. The molecule has 4 rings (SSSR count). The molecule has 154 valence electrons. The Kier molecular flexibility index (Phi) is 6.26. The molecule has 1 aromatic carbocycles. The Balaban J connectivity index is 0.000000216. The third-order valence-electron chi connectivity index (χ3n) is 4.40. The van der Waals surface area contributed by atoms with Crippen molar-refractivity contribution in [1.29, 1.82) is 0 Å². The summed E-state index contributed by atoms with van der Waals surface area (Å²) < 4.78 is 5.08. The highest BCUT2D eigenvalue weighted by Gasteiger charge is 2.18. The third-order valence-corrected chi connectivity index (χ3v) is 4.40. The van der Waals surface area contributed by atoms with Crippen LogP contribution in [0, 0.1) is 13.8 Å². The molecule has 6 heteroatoms. The van der Waals surface area contributed by atoms with E-state index in [0.29, 0.717) is 5.69 Å². The molecule has 0 aliphatic rings. The second-order valence-corrected chi connectivity index (χ2v) is 8.17. The molecule has 3 heterocycles. The molecule has 3 aromatic heterocycles. The number of fused-ring (bicyclic) bond motifs is 1. The van der Waals surface area contributed by atoms with Crippen LogP contribution in [0.15, 0.2) is 65.4 Å². The third kappa shape index (κ3) is 5.50. The summed E-state index contributed by atoms with van der Waals surface area (Å²) in [6, 6.07) is 15.0. The SMILES string of the molecule is Cc1cc(C(C)(C)C)on1.Cc1ccc(NC(=O)c2ccc3cnccc3n2)cc1. The van der Waals surface area contributed by atoms with Gasteiger partial charge in [-0.3, -0.25) is 9.78 Å². The Labute approximate surface area is 176 Å². The van der Waals surface area contributed by atoms with Crippen LogP contribution >= 0.6 is 0 Å². The summed E-state index contributed by atoms with van der Waals surface area (Å²) in [5.74, 6) is 0.734. The standard InChI is InChI=1S/C16H13N3O.C8H13NO/c1-11-2-5-13(6-3-11)18-16(20)15-7-4-12-10-17-9-8-14(12)19-15;1-6-5-7(10-9-6)8(2,3)4/h2-10H,1H3,(H,18,20);5H,1-4H3. The molecule has 0 saturated heterocycles. The van der Waals surface area contributed by atoms with E-state index in [1.54, 1.807) is 24.5 Å². The highest BCUT2D eigenvalue weighted by atomic mass is 16.5. The summed E-state index contributed by atoms with van der Waals surface area (Å²) >= 11 is 0. The molecule has 0 bridgehead atoms. The maximum absolute atomic E-state index is 12.2. The van der Waals surface area contributed by atoms with Gasteiger partial charge >= 0.3 is 0 Å². The molecule has 0 fully saturated rings. The van der Waals surface area contributed by atoms with Crippen LogP contribution in [-0.2, 0) is 5.41 Å². The first-order chi connectivity index (χ1) is 14.2. The number of carbonyl (C=O) groups is 1. The largest absolute Gasteiger partial charge is 0.361 e. The van der Waals surface area contributed by atoms with Gasteiger partial charge in [-0.15, -0.1) is 0 Å². The minimum Gasteiger partial charge on any atom is -0.361 e. The lowest BCUT2D eigenvalue weighted by atomic mass is 9.93. The predicted octanol–water partition coefficient (Wildman–Crippen LogP) is 5.47. The van der Waals surface area contributed by atoms with Gasteiger partial charge in [0, 0.05) is 34.9 Å². The van der Waals surface area contributed by atoms with Crippen LogP contribution in [0.4, 0.5) is 5.69 Å². The lowest BCUT2D eigenvalue weighted by molar-refractivity contribution is 0.102. The number of nitrogens with zero attached hydrogens (tertiary/aromatic N) is 3. The summed E-state index contributed by atoms with van der Waals surface area (Å²) in [6.07, 6.45) is 3.39. The van der Waals surface area contributed by atoms with Gasteiger partial charge in [-0.1, -0.05) is 43.6 Å². The average Bonchev–Trinajstić information content (AvgIpc) is 3.17. The van der Waals surface area contributed by atoms with Crippen molar-refractivity contribution in [2.75, 3.05) is 5.32 Å². The van der Waals surface area contributed by atoms with Gasteiger partial charge in [-0.05, 0) is 44.2 Å². The summed E-state index contributed by atoms with van der Waals surface area (Å²) in [6.45, 7) is 10.2. The normalized spacial score (nSPS) is 11.0. The number of anilines is 1. The van der Waals surface area contributed by atoms with Crippen LogP contribution < -0.4 is 5.32 Å². The molecule has 0 aliphatic heterocycles. The van der Waals surface area contributed by atoms with Gasteiger partial charge in [-0.2, -0.15) is 0 Å². The summed E-state index contributed by atoms with van der Waals surface area (Å²) in [5.41, 5.74) is 4.10. The average molecular weight is 402 g/mol. The molecule has 0 spiro atoms. The zero-order valence-electron chi connectivity index (χ0n) is 17.9. The van der Waals surface area contributed by atoms with E-state index in [2.05, 4.69) is 41.2 Å². The van der Waals surface area contributed by atoms with E-state index in [4.69, 9.17) is 4.52 Å². The van der Waals surface area contributed by atoms with Gasteiger partial charge in [0.15, 0.2) is 0 Å². The number of rotatable bonds is 2. The van der Waals surface area contributed by atoms with Crippen molar-refractivity contribution in [3.05, 3.63) is 83.6 Å². The van der Waals surface area contributed by atoms with Crippen LogP contribution in [0.5, 0.6) is 0 Å². The van der Waals surface area contributed by atoms with Gasteiger partial charge in [0.1, 0.15) is 11.5 Å². The van der Waals surface area contributed by atoms with Crippen molar-refractivity contribution in [3.8, 4) is 0 Å². The summed E-state index contributed by atoms with van der Waals surface area (Å²) in [4.78, 5) is 20.5. The van der Waals surface area contributed by atoms with Gasteiger partial charge in [0.05, 0.1) is 11.2 Å². The first-order valence-electron chi connectivity index (χ1n) is 9.75. The van der Waals surface area contributed by atoms with Crippen LogP contribution in [0.3, 0.4) is 0 Å². The number of hydrogen-bond donors (Lipinski definition) is 1. The molecule has 0 atom stereocenters. The van der Waals surface area contributed by atoms with E-state index in [1.165, 1.54) is 0 Å². The molecule has 1 amide bonds. The number of aryl methyl sites for hydroxylation is 2. The van der Waals surface area contributed by atoms with Crippen LogP contribution in [0.25, 0.3) is 10.9 Å². The number of benzene rings is 1. The van der Waals surface area contributed by atoms with Crippen molar-refractivity contribution in [2.24, 2.45) is 0 Å². The first kappa shape index (κ1) is 21.2. The number of carbonyl (C=O) groups excluding carboxylic acids is 1. The predicted molar refractivity (Wildman–Crippen MR) is 119 cm³/mol. The molecule has 6 nitrogen and oxygen atoms in total. The maximum Gasteiger partial charge on any atom is 0.274 e. The quantitative estimate of drug-likeness (QED) is 0.481. The number of hydrogen-bond acceptors (Lipinski definition) is 5. The second-order valence-electron chi connectivity index (χ2n) is 8.17. The van der Waals surface area contributed by atoms with Crippen molar-refractivity contribution in [1.82, 2.24) is 15.1 Å². The number of aromatic nitrogens is 3. The highest BCUT2D eigenvalue weighted by molar-refractivity contribution is 6.04. The zero-order valence-corrected chi connectivity index (χ0v) is 17.9. The molecule has 0 saturated carbocycles. The molecule has 0 unspecified atom stereocenters. The molecule has 0 radical (unpaired) electrons. The van der Waals surface area contributed by atoms with Crippen molar-refractivity contribution in [2.45, 2.75) is 40.0 Å². The van der Waals surface area contributed by atoms with Gasteiger partial charge in [0.25, 0.3) is 5.91 Å². The lowest BCUT2D eigenvalue weighted by Gasteiger charge is -2.11. The topological polar surface area (TPSA) is 80.9 Å². The molecular weight excluding hydrogens is 376 g/mol. The molecular formula is C24H26N4O2. The summed E-state index contributed by atoms with van der Waals surface area (Å²) in [5, 5.41) is 7.56. The fraction of sp³-hybridized carbons (Fsp3) is 0.250. The Morgan fingerprint density at radius 3 is 2.33 bits per heavy atom. The van der Waals surface area contributed by atoms with Crippen molar-refractivity contribution < 1.29 is 9.32 Å². The minimum atomic E-state index is -0.215. The van der Waals surface area contributed by atoms with E-state index >= 15 is 0 Å². The Morgan fingerprint density at radius 2 is 1.73 bits per heavy atom. The second kappa shape index (κ2) is 8.86. The summed E-state index contributed by atoms with van der Waals surface area (Å²) in [7, 11) is 0. The Hall–Kier alpha value is -3.54. The Bertz CT molecular complexity index is 1140. The van der Waals surface area contributed by atoms with Gasteiger partial charge in [-0.25, -0.2) is 4.98 Å². The molecule has 1 N–H and O–H groups in total. The van der Waals surface area contributed by atoms with Crippen LogP contribution in [0.1, 0.15) is 48.3 Å². The van der Waals surface area contributed by atoms with E-state index in [1.807, 2.05) is 50.2 Å². The zero-order chi connectivity index (χ0) is 21.7. The minimum absolute atomic E-state index is 0.0846. The fourth-order valence-corrected chi connectivity index (χ4v) is 2.64. The monoisotopic (exact) mass is 402 g/mol. The van der Waals surface area contributed by atoms with E-state index in [0.717, 1.165) is 33.6 Å². The maximum atomic E-state index is 12.2. The van der Waals surface area contributed by atoms with Crippen LogP contribution in [-0.4, -0.2) is 21.0 Å². The number of nitrogens with one attached hydrogen (secondary N) is 1. The van der Waals surface area contributed by atoms with E-state index in [-0.39, 0.29) is 11.3 Å².